The molecule has 0 aliphatic heterocycles. The number of esters is 1. The molecule has 0 aromatic rings. The molecule has 0 amide bonds. The monoisotopic (exact) mass is 330 g/mol. The maximum atomic E-state index is 11.4. The van der Waals surface area contributed by atoms with Crippen LogP contribution >= 0.6 is 0 Å². The zero-order valence-corrected chi connectivity index (χ0v) is 15.8. The topological polar surface area (TPSA) is 26.3 Å². The summed E-state index contributed by atoms with van der Waals surface area (Å²) in [5.41, 5.74) is 3.96. The molecule has 0 spiro atoms. The van der Waals surface area contributed by atoms with E-state index in [-0.39, 0.29) is 17.8 Å². The predicted molar refractivity (Wildman–Crippen MR) is 103 cm³/mol. The number of carbonyl (C=O) groups excluding carboxylic acids is 1. The molecule has 24 heavy (non-hydrogen) atoms. The summed E-state index contributed by atoms with van der Waals surface area (Å²) in [6.45, 7) is 12.2. The SMILES string of the molecule is [2H]C1CC(C)=C(/C=C/C(C)=C\C=C\C(C)=C\C(=O)OCC)C(C)(C)C1[2H]. The largest absolute Gasteiger partial charge is 0.463 e. The summed E-state index contributed by atoms with van der Waals surface area (Å²) in [6, 6.07) is 0. The first-order valence-electron chi connectivity index (χ1n) is 9.67. The fourth-order valence-electron chi connectivity index (χ4n) is 2.68. The smallest absolute Gasteiger partial charge is 0.330 e. The second kappa shape index (κ2) is 9.46. The van der Waals surface area contributed by atoms with Crippen LogP contribution in [0.1, 0.15) is 63.5 Å². The first-order valence-corrected chi connectivity index (χ1v) is 8.52. The maximum Gasteiger partial charge on any atom is 0.330 e. The van der Waals surface area contributed by atoms with E-state index in [1.807, 2.05) is 38.2 Å². The highest BCUT2D eigenvalue weighted by Crippen LogP contribution is 2.40. The lowest BCUT2D eigenvalue weighted by Gasteiger charge is -2.32. The molecule has 0 saturated heterocycles. The summed E-state index contributed by atoms with van der Waals surface area (Å²) in [7, 11) is 0. The quantitative estimate of drug-likeness (QED) is 0.335. The van der Waals surface area contributed by atoms with Crippen molar-refractivity contribution < 1.29 is 12.3 Å². The van der Waals surface area contributed by atoms with Crippen molar-refractivity contribution >= 4 is 5.97 Å². The molecule has 0 bridgehead atoms. The van der Waals surface area contributed by atoms with Gasteiger partial charge in [-0.25, -0.2) is 4.79 Å². The van der Waals surface area contributed by atoms with Crippen molar-refractivity contribution in [1.82, 2.24) is 0 Å². The van der Waals surface area contributed by atoms with Crippen LogP contribution in [0.5, 0.6) is 0 Å². The third kappa shape index (κ3) is 6.74. The first-order chi connectivity index (χ1) is 12.1. The van der Waals surface area contributed by atoms with E-state index in [0.717, 1.165) is 16.7 Å². The number of rotatable bonds is 6. The third-order valence-corrected chi connectivity index (χ3v) is 3.98. The molecule has 2 nitrogen and oxygen atoms in total. The number of allylic oxidation sites excluding steroid dienone is 9. The molecule has 0 N–H and O–H groups in total. The molecule has 0 saturated carbocycles. The molecule has 132 valence electrons. The Morgan fingerprint density at radius 3 is 2.67 bits per heavy atom. The summed E-state index contributed by atoms with van der Waals surface area (Å²) in [4.78, 5) is 11.4. The molecule has 2 unspecified atom stereocenters. The molecule has 1 aliphatic rings. The molecule has 2 heteroatoms. The van der Waals surface area contributed by atoms with E-state index in [1.54, 1.807) is 6.92 Å². The minimum absolute atomic E-state index is 0.319. The highest BCUT2D eigenvalue weighted by molar-refractivity contribution is 5.83. The van der Waals surface area contributed by atoms with Gasteiger partial charge in [0.1, 0.15) is 0 Å². The first kappa shape index (κ1) is 17.0. The number of ether oxygens (including phenoxy) is 1. The minimum Gasteiger partial charge on any atom is -0.463 e. The van der Waals surface area contributed by atoms with E-state index in [4.69, 9.17) is 7.48 Å². The second-order valence-electron chi connectivity index (χ2n) is 6.77. The van der Waals surface area contributed by atoms with E-state index in [2.05, 4.69) is 26.8 Å². The summed E-state index contributed by atoms with van der Waals surface area (Å²) in [5, 5.41) is 0. The van der Waals surface area contributed by atoms with Gasteiger partial charge in [0.15, 0.2) is 0 Å². The summed E-state index contributed by atoms with van der Waals surface area (Å²) in [6.07, 6.45) is 11.3. The van der Waals surface area contributed by atoms with Crippen molar-refractivity contribution in [2.75, 3.05) is 6.61 Å². The van der Waals surface area contributed by atoms with Crippen molar-refractivity contribution in [2.45, 2.75) is 60.8 Å². The Hall–Kier alpha value is -1.83. The van der Waals surface area contributed by atoms with E-state index >= 15 is 0 Å². The zero-order chi connectivity index (χ0) is 19.9. The minimum atomic E-state index is -0.411. The number of hydrogen-bond acceptors (Lipinski definition) is 2. The van der Waals surface area contributed by atoms with Gasteiger partial charge in [-0.2, -0.15) is 0 Å². The van der Waals surface area contributed by atoms with Crippen LogP contribution in [0.15, 0.2) is 58.7 Å². The zero-order valence-electron chi connectivity index (χ0n) is 17.8. The Balaban J connectivity index is 2.84. The van der Waals surface area contributed by atoms with Gasteiger partial charge in [-0.15, -0.1) is 0 Å². The summed E-state index contributed by atoms with van der Waals surface area (Å²) < 4.78 is 21.3. The maximum absolute atomic E-state index is 11.4. The third-order valence-electron chi connectivity index (χ3n) is 3.98. The van der Waals surface area contributed by atoms with Gasteiger partial charge >= 0.3 is 5.97 Å². The van der Waals surface area contributed by atoms with Crippen LogP contribution in [0.25, 0.3) is 0 Å². The van der Waals surface area contributed by atoms with Gasteiger partial charge in [0, 0.05) is 8.82 Å². The van der Waals surface area contributed by atoms with Gasteiger partial charge in [-0.3, -0.25) is 0 Å². The van der Waals surface area contributed by atoms with Crippen LogP contribution in [-0.4, -0.2) is 12.6 Å². The van der Waals surface area contributed by atoms with Gasteiger partial charge < -0.3 is 4.74 Å². The Labute approximate surface area is 150 Å². The average Bonchev–Trinajstić information content (AvgIpc) is 2.52. The highest BCUT2D eigenvalue weighted by Gasteiger charge is 2.26. The average molecular weight is 331 g/mol. The molecule has 0 fully saturated rings. The van der Waals surface area contributed by atoms with Crippen LogP contribution in [0, 0.1) is 5.41 Å². The normalized spacial score (nSPS) is 26.8. The molecule has 0 aromatic heterocycles. The Morgan fingerprint density at radius 2 is 2.00 bits per heavy atom. The Kier molecular flexibility index (Phi) is 6.71. The van der Waals surface area contributed by atoms with Crippen molar-refractivity contribution in [3.63, 3.8) is 0 Å². The van der Waals surface area contributed by atoms with Crippen molar-refractivity contribution in [3.05, 3.63) is 58.7 Å². The molecule has 0 aromatic carbocycles. The lowest BCUT2D eigenvalue weighted by Crippen LogP contribution is -2.19. The second-order valence-corrected chi connectivity index (χ2v) is 6.77. The van der Waals surface area contributed by atoms with Crippen LogP contribution in [0.3, 0.4) is 0 Å². The Morgan fingerprint density at radius 1 is 1.29 bits per heavy atom. The van der Waals surface area contributed by atoms with Crippen molar-refractivity contribution in [2.24, 2.45) is 5.41 Å². The lowest BCUT2D eigenvalue weighted by atomic mass is 9.72. The lowest BCUT2D eigenvalue weighted by molar-refractivity contribution is -0.137. The molecular formula is C22H32O2. The van der Waals surface area contributed by atoms with E-state index in [0.29, 0.717) is 13.0 Å². The van der Waals surface area contributed by atoms with E-state index in [1.165, 1.54) is 11.6 Å². The van der Waals surface area contributed by atoms with Crippen LogP contribution in [-0.2, 0) is 9.53 Å². The standard InChI is InChI=1S/C22H32O2/c1-7-24-21(23)16-18(3)11-8-10-17(2)13-14-20-19(4)12-9-15-22(20,5)6/h8,10-11,13-14,16H,7,9,12,15H2,1-6H3/b11-8+,14-13+,17-10-,18-16+/i9D,15D. The van der Waals surface area contributed by atoms with Gasteiger partial charge in [-0.1, -0.05) is 55.4 Å². The fraction of sp³-hybridized carbons (Fsp3) is 0.500. The predicted octanol–water partition coefficient (Wildman–Crippen LogP) is 6.08. The summed E-state index contributed by atoms with van der Waals surface area (Å²) in [5.74, 6) is -0.324. The van der Waals surface area contributed by atoms with Gasteiger partial charge in [0.25, 0.3) is 0 Å². The van der Waals surface area contributed by atoms with Crippen LogP contribution in [0.2, 0.25) is 0 Å². The van der Waals surface area contributed by atoms with E-state index < -0.39 is 6.40 Å². The van der Waals surface area contributed by atoms with Gasteiger partial charge in [0.05, 0.1) is 6.61 Å². The van der Waals surface area contributed by atoms with Gasteiger partial charge in [0.2, 0.25) is 0 Å². The van der Waals surface area contributed by atoms with Crippen LogP contribution in [0.4, 0.5) is 0 Å². The molecular weight excluding hydrogens is 296 g/mol. The Bertz CT molecular complexity index is 664. The van der Waals surface area contributed by atoms with Crippen molar-refractivity contribution in [1.29, 1.82) is 0 Å². The molecule has 1 aliphatic carbocycles. The number of carbonyl (C=O) groups is 1. The van der Waals surface area contributed by atoms with Crippen LogP contribution < -0.4 is 0 Å². The van der Waals surface area contributed by atoms with Gasteiger partial charge in [-0.05, 0) is 63.5 Å². The number of hydrogen-bond donors (Lipinski definition) is 0. The highest BCUT2D eigenvalue weighted by atomic mass is 16.5. The summed E-state index contributed by atoms with van der Waals surface area (Å²) >= 11 is 0. The van der Waals surface area contributed by atoms with E-state index in [9.17, 15) is 4.79 Å². The molecule has 0 heterocycles. The molecule has 2 atom stereocenters. The molecule has 1 rings (SSSR count). The molecule has 0 radical (unpaired) electrons. The van der Waals surface area contributed by atoms with Crippen molar-refractivity contribution in [3.8, 4) is 0 Å². The fourth-order valence-corrected chi connectivity index (χ4v) is 2.68.